The van der Waals surface area contributed by atoms with Gasteiger partial charge in [-0.1, -0.05) is 46.3 Å². The molecule has 2 aromatic carbocycles. The third kappa shape index (κ3) is 2.18. The van der Waals surface area contributed by atoms with Gasteiger partial charge in [0.2, 0.25) is 5.78 Å². The molecule has 0 radical (unpaired) electrons. The third-order valence-electron chi connectivity index (χ3n) is 3.10. The monoisotopic (exact) mass is 327 g/mol. The van der Waals surface area contributed by atoms with E-state index in [0.29, 0.717) is 16.8 Å². The summed E-state index contributed by atoms with van der Waals surface area (Å²) in [5.41, 5.74) is 2.24. The van der Waals surface area contributed by atoms with Crippen molar-refractivity contribution in [3.8, 4) is 0 Å². The van der Waals surface area contributed by atoms with Crippen LogP contribution in [0, 0.1) is 0 Å². The molecule has 2 aromatic rings. The molecule has 0 unspecified atom stereocenters. The first-order chi connectivity index (χ1) is 9.66. The number of carbonyl (C=O) groups excluding carboxylic acids is 2. The smallest absolute Gasteiger partial charge is 0.255 e. The van der Waals surface area contributed by atoms with Gasteiger partial charge in [0.15, 0.2) is 0 Å². The van der Waals surface area contributed by atoms with Crippen LogP contribution in [0.3, 0.4) is 0 Å². The first kappa shape index (κ1) is 12.8. The second-order valence-electron chi connectivity index (χ2n) is 4.41. The van der Waals surface area contributed by atoms with Crippen LogP contribution in [0.4, 0.5) is 0 Å². The van der Waals surface area contributed by atoms with Crippen LogP contribution in [0.25, 0.3) is 6.08 Å². The summed E-state index contributed by atoms with van der Waals surface area (Å²) < 4.78 is 0.736. The van der Waals surface area contributed by atoms with Crippen LogP contribution >= 0.6 is 15.9 Å². The highest BCUT2D eigenvalue weighted by Crippen LogP contribution is 2.30. The molecule has 3 rings (SSSR count). The Labute approximate surface area is 124 Å². The molecular weight excluding hydrogens is 318 g/mol. The van der Waals surface area contributed by atoms with E-state index in [9.17, 15) is 9.59 Å². The lowest BCUT2D eigenvalue weighted by molar-refractivity contribution is 0.0935. The van der Waals surface area contributed by atoms with Gasteiger partial charge in [-0.05, 0) is 29.8 Å². The van der Waals surface area contributed by atoms with Gasteiger partial charge in [0.1, 0.15) is 0 Å². The number of nitrogens with one attached hydrogen (secondary N) is 1. The minimum absolute atomic E-state index is 0.170. The number of amides is 1. The normalized spacial score (nSPS) is 12.8. The highest BCUT2D eigenvalue weighted by molar-refractivity contribution is 9.10. The number of allylic oxidation sites excluding steroid dienone is 1. The van der Waals surface area contributed by atoms with E-state index in [2.05, 4.69) is 21.2 Å². The van der Waals surface area contributed by atoms with E-state index >= 15 is 0 Å². The number of fused-ring (bicyclic) bond motifs is 1. The molecule has 0 bridgehead atoms. The first-order valence-electron chi connectivity index (χ1n) is 6.08. The molecule has 0 heterocycles. The van der Waals surface area contributed by atoms with Crippen LogP contribution in [0.2, 0.25) is 0 Å². The van der Waals surface area contributed by atoms with E-state index in [-0.39, 0.29) is 11.7 Å². The average Bonchev–Trinajstić information content (AvgIpc) is 2.78. The summed E-state index contributed by atoms with van der Waals surface area (Å²) in [4.78, 5) is 24.3. The van der Waals surface area contributed by atoms with Gasteiger partial charge in [-0.25, -0.2) is 0 Å². The van der Waals surface area contributed by atoms with E-state index in [1.807, 2.05) is 24.3 Å². The number of carbonyl (C=O) groups is 2. The van der Waals surface area contributed by atoms with Crippen molar-refractivity contribution in [3.05, 3.63) is 75.4 Å². The molecule has 0 saturated heterocycles. The molecule has 1 N–H and O–H groups in total. The van der Waals surface area contributed by atoms with Crippen LogP contribution < -0.4 is 5.32 Å². The van der Waals surface area contributed by atoms with Gasteiger partial charge in [-0.3, -0.25) is 9.59 Å². The molecule has 20 heavy (non-hydrogen) atoms. The Morgan fingerprint density at radius 1 is 1.00 bits per heavy atom. The lowest BCUT2D eigenvalue weighted by Crippen LogP contribution is -2.25. The Bertz CT molecular complexity index is 735. The molecule has 0 fully saturated rings. The minimum atomic E-state index is -0.283. The minimum Gasteiger partial charge on any atom is -0.319 e. The van der Waals surface area contributed by atoms with Crippen LogP contribution in [0.15, 0.2) is 58.7 Å². The number of hydrogen-bond acceptors (Lipinski definition) is 2. The van der Waals surface area contributed by atoms with E-state index in [0.717, 1.165) is 10.0 Å². The van der Waals surface area contributed by atoms with E-state index in [1.54, 1.807) is 30.3 Å². The molecule has 1 aliphatic rings. The van der Waals surface area contributed by atoms with Gasteiger partial charge in [0, 0.05) is 15.6 Å². The Morgan fingerprint density at radius 2 is 1.75 bits per heavy atom. The zero-order valence-electron chi connectivity index (χ0n) is 10.4. The first-order valence-corrected chi connectivity index (χ1v) is 6.87. The number of halogens is 1. The summed E-state index contributed by atoms with van der Waals surface area (Å²) in [7, 11) is 0. The molecule has 0 aliphatic heterocycles. The van der Waals surface area contributed by atoms with Crippen molar-refractivity contribution in [1.82, 2.24) is 5.32 Å². The van der Waals surface area contributed by atoms with Crippen molar-refractivity contribution < 1.29 is 9.59 Å². The predicted molar refractivity (Wildman–Crippen MR) is 80.4 cm³/mol. The van der Waals surface area contributed by atoms with Crippen LogP contribution in [-0.2, 0) is 0 Å². The lowest BCUT2D eigenvalue weighted by Gasteiger charge is -2.05. The number of ketones is 1. The standard InChI is InChI=1S/C16H10BrNO2/c17-12-8-4-7-11-9-13(15(19)14(11)12)18-16(20)10-5-2-1-3-6-10/h1-9H,(H,18,19,20). The predicted octanol–water partition coefficient (Wildman–Crippen LogP) is 3.42. The molecule has 4 heteroatoms. The third-order valence-corrected chi connectivity index (χ3v) is 3.76. The number of Topliss-reactive ketones (excluding diaryl/α,β-unsaturated/α-hetero) is 1. The molecule has 1 amide bonds. The van der Waals surface area contributed by atoms with E-state index in [1.165, 1.54) is 0 Å². The number of hydrogen-bond donors (Lipinski definition) is 1. The second-order valence-corrected chi connectivity index (χ2v) is 5.27. The maximum atomic E-state index is 12.3. The molecule has 0 saturated carbocycles. The van der Waals surface area contributed by atoms with E-state index < -0.39 is 0 Å². The quantitative estimate of drug-likeness (QED) is 0.918. The largest absolute Gasteiger partial charge is 0.319 e. The fourth-order valence-corrected chi connectivity index (χ4v) is 2.69. The van der Waals surface area contributed by atoms with Gasteiger partial charge in [-0.2, -0.15) is 0 Å². The lowest BCUT2D eigenvalue weighted by atomic mass is 10.1. The van der Waals surface area contributed by atoms with Gasteiger partial charge in [-0.15, -0.1) is 0 Å². The zero-order valence-corrected chi connectivity index (χ0v) is 12.0. The fourth-order valence-electron chi connectivity index (χ4n) is 2.13. The van der Waals surface area contributed by atoms with Gasteiger partial charge in [0.05, 0.1) is 5.70 Å². The van der Waals surface area contributed by atoms with Gasteiger partial charge in [0.25, 0.3) is 5.91 Å². The topological polar surface area (TPSA) is 46.2 Å². The summed E-state index contributed by atoms with van der Waals surface area (Å²) in [6, 6.07) is 14.3. The van der Waals surface area contributed by atoms with Gasteiger partial charge < -0.3 is 5.32 Å². The summed E-state index contributed by atoms with van der Waals surface area (Å²) in [6.45, 7) is 0. The van der Waals surface area contributed by atoms with E-state index in [4.69, 9.17) is 0 Å². The Morgan fingerprint density at radius 3 is 2.45 bits per heavy atom. The molecule has 0 spiro atoms. The highest BCUT2D eigenvalue weighted by atomic mass is 79.9. The summed E-state index contributed by atoms with van der Waals surface area (Å²) >= 11 is 3.36. The van der Waals surface area contributed by atoms with Crippen LogP contribution in [-0.4, -0.2) is 11.7 Å². The molecular formula is C16H10BrNO2. The number of rotatable bonds is 2. The fraction of sp³-hybridized carbons (Fsp3) is 0. The second kappa shape index (κ2) is 5.06. The molecule has 0 atom stereocenters. The highest BCUT2D eigenvalue weighted by Gasteiger charge is 2.26. The molecule has 98 valence electrons. The molecule has 3 nitrogen and oxygen atoms in total. The van der Waals surface area contributed by atoms with Crippen molar-refractivity contribution in [2.24, 2.45) is 0 Å². The summed E-state index contributed by atoms with van der Waals surface area (Å²) in [5, 5.41) is 2.67. The van der Waals surface area contributed by atoms with Crippen molar-refractivity contribution >= 4 is 33.7 Å². The molecule has 1 aliphatic carbocycles. The summed E-state index contributed by atoms with van der Waals surface area (Å²) in [5.74, 6) is -0.453. The summed E-state index contributed by atoms with van der Waals surface area (Å²) in [6.07, 6.45) is 1.70. The van der Waals surface area contributed by atoms with Crippen molar-refractivity contribution in [3.63, 3.8) is 0 Å². The van der Waals surface area contributed by atoms with Crippen LogP contribution in [0.1, 0.15) is 26.3 Å². The maximum Gasteiger partial charge on any atom is 0.255 e. The van der Waals surface area contributed by atoms with Crippen molar-refractivity contribution in [2.45, 2.75) is 0 Å². The van der Waals surface area contributed by atoms with Gasteiger partial charge >= 0.3 is 0 Å². The SMILES string of the molecule is O=C(NC1=Cc2cccc(Br)c2C1=O)c1ccccc1. The molecule has 0 aromatic heterocycles. The number of benzene rings is 2. The van der Waals surface area contributed by atoms with Crippen molar-refractivity contribution in [1.29, 1.82) is 0 Å². The Hall–Kier alpha value is -2.20. The average molecular weight is 328 g/mol. The zero-order chi connectivity index (χ0) is 14.1. The Balaban J connectivity index is 1.86. The van der Waals surface area contributed by atoms with Crippen molar-refractivity contribution in [2.75, 3.05) is 0 Å². The Kier molecular flexibility index (Phi) is 3.24. The maximum absolute atomic E-state index is 12.3. The van der Waals surface area contributed by atoms with Crippen LogP contribution in [0.5, 0.6) is 0 Å².